The molecule has 0 amide bonds. The zero-order valence-electron chi connectivity index (χ0n) is 8.44. The highest BCUT2D eigenvalue weighted by molar-refractivity contribution is 5.75. The summed E-state index contributed by atoms with van der Waals surface area (Å²) in [7, 11) is 0. The predicted molar refractivity (Wildman–Crippen MR) is 56.3 cm³/mol. The fourth-order valence-corrected chi connectivity index (χ4v) is 1.53. The number of unbranched alkanes of at least 4 members (excludes halogenated alkanes) is 1. The molecule has 1 unspecified atom stereocenters. The van der Waals surface area contributed by atoms with Crippen molar-refractivity contribution in [2.45, 2.75) is 32.1 Å². The van der Waals surface area contributed by atoms with Crippen molar-refractivity contribution in [3.8, 4) is 0 Å². The van der Waals surface area contributed by atoms with Crippen molar-refractivity contribution >= 4 is 5.97 Å². The molecule has 1 aromatic rings. The summed E-state index contributed by atoms with van der Waals surface area (Å²) in [5.41, 5.74) is 0.911. The molecular weight excluding hydrogens is 176 g/mol. The third kappa shape index (κ3) is 2.87. The zero-order valence-corrected chi connectivity index (χ0v) is 8.44. The lowest BCUT2D eigenvalue weighted by Gasteiger charge is -2.11. The topological polar surface area (TPSA) is 37.3 Å². The number of carboxylic acids is 1. The lowest BCUT2D eigenvalue weighted by atomic mass is 9.94. The second-order valence-corrected chi connectivity index (χ2v) is 3.44. The zero-order chi connectivity index (χ0) is 10.4. The first-order valence-corrected chi connectivity index (χ1v) is 5.03. The van der Waals surface area contributed by atoms with Gasteiger partial charge in [0.05, 0.1) is 5.92 Å². The molecule has 0 radical (unpaired) electrons. The molecule has 1 atom stereocenters. The summed E-state index contributed by atoms with van der Waals surface area (Å²) >= 11 is 0. The van der Waals surface area contributed by atoms with Crippen LogP contribution in [-0.2, 0) is 4.79 Å². The Morgan fingerprint density at radius 3 is 2.50 bits per heavy atom. The molecule has 0 heterocycles. The van der Waals surface area contributed by atoms with E-state index in [0.29, 0.717) is 0 Å². The minimum atomic E-state index is -0.718. The van der Waals surface area contributed by atoms with Gasteiger partial charge in [0.25, 0.3) is 0 Å². The Morgan fingerprint density at radius 1 is 1.36 bits per heavy atom. The Bertz CT molecular complexity index is 280. The Balaban J connectivity index is 2.73. The van der Waals surface area contributed by atoms with E-state index in [-0.39, 0.29) is 5.92 Å². The first-order chi connectivity index (χ1) is 6.75. The van der Waals surface area contributed by atoms with Crippen LogP contribution in [-0.4, -0.2) is 11.1 Å². The number of carbonyl (C=O) groups is 1. The summed E-state index contributed by atoms with van der Waals surface area (Å²) in [4.78, 5) is 11.0. The Morgan fingerprint density at radius 2 is 2.00 bits per heavy atom. The smallest absolute Gasteiger partial charge is 0.310 e. The second-order valence-electron chi connectivity index (χ2n) is 3.44. The normalized spacial score (nSPS) is 12.4. The van der Waals surface area contributed by atoms with Crippen molar-refractivity contribution in [1.29, 1.82) is 0 Å². The molecule has 0 aromatic heterocycles. The second kappa shape index (κ2) is 5.43. The molecule has 0 fully saturated rings. The van der Waals surface area contributed by atoms with Crippen LogP contribution in [0.25, 0.3) is 0 Å². The van der Waals surface area contributed by atoms with Crippen molar-refractivity contribution in [1.82, 2.24) is 0 Å². The summed E-state index contributed by atoms with van der Waals surface area (Å²) in [6.07, 6.45) is 2.73. The van der Waals surface area contributed by atoms with Gasteiger partial charge < -0.3 is 5.11 Å². The maximum atomic E-state index is 11.0. The molecule has 0 saturated heterocycles. The molecule has 2 nitrogen and oxygen atoms in total. The average Bonchev–Trinajstić information content (AvgIpc) is 2.19. The minimum absolute atomic E-state index is 0.337. The van der Waals surface area contributed by atoms with E-state index in [1.54, 1.807) is 0 Å². The van der Waals surface area contributed by atoms with E-state index in [0.717, 1.165) is 24.8 Å². The van der Waals surface area contributed by atoms with E-state index >= 15 is 0 Å². The van der Waals surface area contributed by atoms with Crippen molar-refractivity contribution < 1.29 is 9.90 Å². The van der Waals surface area contributed by atoms with Crippen molar-refractivity contribution in [3.05, 3.63) is 35.9 Å². The maximum absolute atomic E-state index is 11.0. The third-order valence-electron chi connectivity index (χ3n) is 2.35. The lowest BCUT2D eigenvalue weighted by Crippen LogP contribution is -2.11. The predicted octanol–water partition coefficient (Wildman–Crippen LogP) is 3.05. The van der Waals surface area contributed by atoms with Crippen LogP contribution in [0.15, 0.2) is 30.3 Å². The number of rotatable bonds is 5. The van der Waals surface area contributed by atoms with E-state index < -0.39 is 5.97 Å². The van der Waals surface area contributed by atoms with E-state index in [9.17, 15) is 4.79 Å². The fraction of sp³-hybridized carbons (Fsp3) is 0.417. The van der Waals surface area contributed by atoms with Crippen LogP contribution in [0.1, 0.15) is 37.7 Å². The van der Waals surface area contributed by atoms with Crippen LogP contribution in [0.4, 0.5) is 0 Å². The lowest BCUT2D eigenvalue weighted by molar-refractivity contribution is -0.139. The molecule has 0 aliphatic rings. The van der Waals surface area contributed by atoms with Gasteiger partial charge in [-0.05, 0) is 12.0 Å². The molecule has 1 rings (SSSR count). The van der Waals surface area contributed by atoms with Crippen LogP contribution >= 0.6 is 0 Å². The summed E-state index contributed by atoms with van der Waals surface area (Å²) in [5, 5.41) is 9.05. The van der Waals surface area contributed by atoms with Crippen LogP contribution in [0, 0.1) is 0 Å². The highest BCUT2D eigenvalue weighted by Gasteiger charge is 2.18. The van der Waals surface area contributed by atoms with Gasteiger partial charge in [-0.3, -0.25) is 4.79 Å². The molecule has 2 heteroatoms. The SMILES string of the molecule is CCCCC(C(=O)O)c1ccccc1. The Hall–Kier alpha value is -1.31. The van der Waals surface area contributed by atoms with Gasteiger partial charge >= 0.3 is 5.97 Å². The fourth-order valence-electron chi connectivity index (χ4n) is 1.53. The molecule has 14 heavy (non-hydrogen) atoms. The highest BCUT2D eigenvalue weighted by Crippen LogP contribution is 2.21. The van der Waals surface area contributed by atoms with E-state index in [1.807, 2.05) is 30.3 Å². The summed E-state index contributed by atoms with van der Waals surface area (Å²) in [6.45, 7) is 2.07. The molecule has 0 aliphatic carbocycles. The Kier molecular flexibility index (Phi) is 4.17. The van der Waals surface area contributed by atoms with Crippen molar-refractivity contribution in [2.24, 2.45) is 0 Å². The van der Waals surface area contributed by atoms with Gasteiger partial charge in [-0.1, -0.05) is 50.1 Å². The van der Waals surface area contributed by atoms with Gasteiger partial charge in [-0.25, -0.2) is 0 Å². The van der Waals surface area contributed by atoms with Gasteiger partial charge in [0.2, 0.25) is 0 Å². The number of benzene rings is 1. The first-order valence-electron chi connectivity index (χ1n) is 5.03. The average molecular weight is 192 g/mol. The van der Waals surface area contributed by atoms with E-state index in [4.69, 9.17) is 5.11 Å². The van der Waals surface area contributed by atoms with Crippen LogP contribution in [0.5, 0.6) is 0 Å². The molecular formula is C12H16O2. The van der Waals surface area contributed by atoms with Gasteiger partial charge in [-0.2, -0.15) is 0 Å². The van der Waals surface area contributed by atoms with Gasteiger partial charge in [0.15, 0.2) is 0 Å². The van der Waals surface area contributed by atoms with Gasteiger partial charge in [0, 0.05) is 0 Å². The molecule has 0 bridgehead atoms. The quantitative estimate of drug-likeness (QED) is 0.778. The molecule has 0 saturated carbocycles. The molecule has 0 spiro atoms. The third-order valence-corrected chi connectivity index (χ3v) is 2.35. The van der Waals surface area contributed by atoms with Crippen LogP contribution in [0.2, 0.25) is 0 Å². The number of hydrogen-bond donors (Lipinski definition) is 1. The molecule has 76 valence electrons. The summed E-state index contributed by atoms with van der Waals surface area (Å²) in [6, 6.07) is 9.44. The van der Waals surface area contributed by atoms with Crippen LogP contribution < -0.4 is 0 Å². The maximum Gasteiger partial charge on any atom is 0.310 e. The van der Waals surface area contributed by atoms with Crippen molar-refractivity contribution in [3.63, 3.8) is 0 Å². The van der Waals surface area contributed by atoms with Crippen LogP contribution in [0.3, 0.4) is 0 Å². The number of carboxylic acid groups (broad SMARTS) is 1. The van der Waals surface area contributed by atoms with Gasteiger partial charge in [0.1, 0.15) is 0 Å². The van der Waals surface area contributed by atoms with Crippen molar-refractivity contribution in [2.75, 3.05) is 0 Å². The number of aliphatic carboxylic acids is 1. The first kappa shape index (κ1) is 10.8. The number of hydrogen-bond acceptors (Lipinski definition) is 1. The van der Waals surface area contributed by atoms with E-state index in [2.05, 4.69) is 6.92 Å². The molecule has 1 N–H and O–H groups in total. The Labute approximate surface area is 84.6 Å². The molecule has 0 aliphatic heterocycles. The summed E-state index contributed by atoms with van der Waals surface area (Å²) < 4.78 is 0. The largest absolute Gasteiger partial charge is 0.481 e. The molecule has 1 aromatic carbocycles. The monoisotopic (exact) mass is 192 g/mol. The minimum Gasteiger partial charge on any atom is -0.481 e. The summed E-state index contributed by atoms with van der Waals surface area (Å²) in [5.74, 6) is -1.05. The van der Waals surface area contributed by atoms with Gasteiger partial charge in [-0.15, -0.1) is 0 Å². The standard InChI is InChI=1S/C12H16O2/c1-2-3-9-11(12(13)14)10-7-5-4-6-8-10/h4-8,11H,2-3,9H2,1H3,(H,13,14). The van der Waals surface area contributed by atoms with E-state index in [1.165, 1.54) is 0 Å². The highest BCUT2D eigenvalue weighted by atomic mass is 16.4.